The second-order valence-corrected chi connectivity index (χ2v) is 9.79. The number of nitrogens with zero attached hydrogens (tertiary/aromatic N) is 5. The number of nitro benzene ring substituents is 1. The van der Waals surface area contributed by atoms with Gasteiger partial charge in [-0.05, 0) is 70.0 Å². The summed E-state index contributed by atoms with van der Waals surface area (Å²) in [5, 5.41) is 26.3. The van der Waals surface area contributed by atoms with Gasteiger partial charge in [0.25, 0.3) is 11.8 Å². The Bertz CT molecular complexity index is 1610. The van der Waals surface area contributed by atoms with Gasteiger partial charge in [-0.15, -0.1) is 0 Å². The molecular formula is C31H31N5O6. The number of aromatic nitrogens is 2. The lowest BCUT2D eigenvalue weighted by molar-refractivity contribution is -0.385. The van der Waals surface area contributed by atoms with Gasteiger partial charge in [-0.3, -0.25) is 24.6 Å². The number of hydrogen-bond donors (Lipinski definition) is 0. The van der Waals surface area contributed by atoms with Crippen molar-refractivity contribution in [2.75, 3.05) is 19.8 Å². The Morgan fingerprint density at radius 2 is 1.88 bits per heavy atom. The van der Waals surface area contributed by atoms with Gasteiger partial charge in [-0.1, -0.05) is 18.2 Å². The molecule has 2 heterocycles. The van der Waals surface area contributed by atoms with Gasteiger partial charge in [0.15, 0.2) is 5.75 Å². The van der Waals surface area contributed by atoms with Gasteiger partial charge in [0.05, 0.1) is 23.3 Å². The SMILES string of the molecule is CCOc1ccc(-c2nn(-c3ccccc3)cc2/C=C2/C(=O)N(CCCOC(C)C)C(=O)C(C#N)=C2C)cc1[N+](=O)[O-]. The van der Waals surface area contributed by atoms with E-state index in [0.29, 0.717) is 29.8 Å². The highest BCUT2D eigenvalue weighted by Crippen LogP contribution is 2.35. The number of carbonyl (C=O) groups excluding carboxylic acids is 2. The molecule has 1 aliphatic rings. The molecule has 2 aromatic carbocycles. The fourth-order valence-corrected chi connectivity index (χ4v) is 4.55. The molecule has 0 unspecified atom stereocenters. The summed E-state index contributed by atoms with van der Waals surface area (Å²) in [4.78, 5) is 39.0. The summed E-state index contributed by atoms with van der Waals surface area (Å²) < 4.78 is 12.6. The van der Waals surface area contributed by atoms with Crippen molar-refractivity contribution >= 4 is 23.6 Å². The number of hydrogen-bond acceptors (Lipinski definition) is 8. The predicted octanol–water partition coefficient (Wildman–Crippen LogP) is 5.25. The first kappa shape index (κ1) is 29.9. The number of rotatable bonds is 11. The molecule has 1 aromatic heterocycles. The molecule has 11 heteroatoms. The quantitative estimate of drug-likeness (QED) is 0.100. The van der Waals surface area contributed by atoms with E-state index in [1.807, 2.05) is 50.2 Å². The van der Waals surface area contributed by atoms with Crippen molar-refractivity contribution < 1.29 is 24.0 Å². The van der Waals surface area contributed by atoms with Crippen LogP contribution in [0.5, 0.6) is 5.75 Å². The molecule has 0 bridgehead atoms. The van der Waals surface area contributed by atoms with E-state index in [1.54, 1.807) is 36.9 Å². The third kappa shape index (κ3) is 6.29. The fourth-order valence-electron chi connectivity index (χ4n) is 4.55. The Hall–Kier alpha value is -5.08. The monoisotopic (exact) mass is 569 g/mol. The Morgan fingerprint density at radius 1 is 1.14 bits per heavy atom. The van der Waals surface area contributed by atoms with Crippen molar-refractivity contribution in [2.45, 2.75) is 40.2 Å². The van der Waals surface area contributed by atoms with Gasteiger partial charge in [0.2, 0.25) is 0 Å². The second-order valence-electron chi connectivity index (χ2n) is 9.79. The predicted molar refractivity (Wildman–Crippen MR) is 156 cm³/mol. The average molecular weight is 570 g/mol. The molecule has 0 spiro atoms. The van der Waals surface area contributed by atoms with Crippen LogP contribution in [0.15, 0.2) is 71.4 Å². The molecule has 3 aromatic rings. The maximum Gasteiger partial charge on any atom is 0.311 e. The largest absolute Gasteiger partial charge is 0.487 e. The summed E-state index contributed by atoms with van der Waals surface area (Å²) >= 11 is 0. The minimum Gasteiger partial charge on any atom is -0.487 e. The first-order valence-electron chi connectivity index (χ1n) is 13.5. The number of carbonyl (C=O) groups is 2. The van der Waals surface area contributed by atoms with Crippen LogP contribution >= 0.6 is 0 Å². The first-order valence-corrected chi connectivity index (χ1v) is 13.5. The van der Waals surface area contributed by atoms with Crippen molar-refractivity contribution in [1.82, 2.24) is 14.7 Å². The van der Waals surface area contributed by atoms with Crippen LogP contribution in [0.1, 0.15) is 39.7 Å². The molecule has 0 atom stereocenters. The van der Waals surface area contributed by atoms with Crippen molar-refractivity contribution in [3.05, 3.63) is 87.1 Å². The second kappa shape index (κ2) is 13.1. The van der Waals surface area contributed by atoms with Crippen molar-refractivity contribution in [3.8, 4) is 28.8 Å². The lowest BCUT2D eigenvalue weighted by Crippen LogP contribution is -2.43. The Kier molecular flexibility index (Phi) is 9.29. The molecule has 216 valence electrons. The van der Waals surface area contributed by atoms with Crippen LogP contribution < -0.4 is 4.74 Å². The van der Waals surface area contributed by atoms with Crippen LogP contribution in [-0.4, -0.2) is 57.3 Å². The van der Waals surface area contributed by atoms with Gasteiger partial charge >= 0.3 is 5.69 Å². The van der Waals surface area contributed by atoms with Crippen LogP contribution in [0.4, 0.5) is 5.69 Å². The lowest BCUT2D eigenvalue weighted by Gasteiger charge is -2.27. The molecule has 0 saturated carbocycles. The Morgan fingerprint density at radius 3 is 2.52 bits per heavy atom. The highest BCUT2D eigenvalue weighted by molar-refractivity contribution is 6.19. The number of ether oxygens (including phenoxy) is 2. The summed E-state index contributed by atoms with van der Waals surface area (Å²) in [6.45, 7) is 7.77. The summed E-state index contributed by atoms with van der Waals surface area (Å²) in [7, 11) is 0. The van der Waals surface area contributed by atoms with E-state index >= 15 is 0 Å². The maximum absolute atomic E-state index is 13.6. The normalized spacial score (nSPS) is 14.6. The van der Waals surface area contributed by atoms with Crippen molar-refractivity contribution in [1.29, 1.82) is 5.26 Å². The summed E-state index contributed by atoms with van der Waals surface area (Å²) in [6.07, 6.45) is 3.68. The topological polar surface area (TPSA) is 141 Å². The molecular weight excluding hydrogens is 538 g/mol. The van der Waals surface area contributed by atoms with Gasteiger partial charge in [0.1, 0.15) is 17.3 Å². The molecule has 1 aliphatic heterocycles. The average Bonchev–Trinajstić information content (AvgIpc) is 3.39. The molecule has 0 N–H and O–H groups in total. The molecule has 4 rings (SSSR count). The summed E-state index contributed by atoms with van der Waals surface area (Å²) in [5.74, 6) is -1.06. The van der Waals surface area contributed by atoms with E-state index in [2.05, 4.69) is 0 Å². The van der Waals surface area contributed by atoms with Gasteiger partial charge < -0.3 is 9.47 Å². The zero-order chi connectivity index (χ0) is 30.4. The van der Waals surface area contributed by atoms with Gasteiger partial charge in [0, 0.05) is 42.1 Å². The number of imide groups is 1. The van der Waals surface area contributed by atoms with Crippen LogP contribution in [0.3, 0.4) is 0 Å². The minimum atomic E-state index is -0.649. The molecule has 0 saturated heterocycles. The first-order chi connectivity index (χ1) is 20.2. The number of nitriles is 1. The zero-order valence-corrected chi connectivity index (χ0v) is 23.9. The minimum absolute atomic E-state index is 0.00280. The maximum atomic E-state index is 13.6. The molecule has 42 heavy (non-hydrogen) atoms. The molecule has 2 amide bonds. The molecule has 0 radical (unpaired) electrons. The van der Waals surface area contributed by atoms with E-state index < -0.39 is 16.7 Å². The number of para-hydroxylation sites is 1. The molecule has 0 aliphatic carbocycles. The van der Waals surface area contributed by atoms with Crippen LogP contribution in [-0.2, 0) is 14.3 Å². The van der Waals surface area contributed by atoms with Crippen LogP contribution in [0.25, 0.3) is 23.0 Å². The standard InChI is InChI=1S/C31H31N5O6/c1-5-41-28-13-12-22(17-27(28)36(39)40)29-23(19-35(33-29)24-10-7-6-8-11-24)16-25-21(4)26(18-32)31(38)34(30(25)37)14-9-15-42-20(2)3/h6-8,10-13,16-17,19-20H,5,9,14-15H2,1-4H3/b25-16+. The van der Waals surface area contributed by atoms with Crippen LogP contribution in [0, 0.1) is 21.4 Å². The van der Waals surface area contributed by atoms with Gasteiger partial charge in [-0.25, -0.2) is 4.68 Å². The zero-order valence-electron chi connectivity index (χ0n) is 23.9. The third-order valence-corrected chi connectivity index (χ3v) is 6.59. The number of amides is 2. The van der Waals surface area contributed by atoms with Crippen molar-refractivity contribution in [3.63, 3.8) is 0 Å². The lowest BCUT2D eigenvalue weighted by atomic mass is 9.93. The highest BCUT2D eigenvalue weighted by Gasteiger charge is 2.35. The summed E-state index contributed by atoms with van der Waals surface area (Å²) in [6, 6.07) is 15.7. The van der Waals surface area contributed by atoms with Crippen LogP contribution in [0.2, 0.25) is 0 Å². The molecule has 11 nitrogen and oxygen atoms in total. The Labute approximate surface area is 243 Å². The number of benzene rings is 2. The van der Waals surface area contributed by atoms with Crippen molar-refractivity contribution in [2.24, 2.45) is 0 Å². The smallest absolute Gasteiger partial charge is 0.311 e. The molecule has 0 fully saturated rings. The van der Waals surface area contributed by atoms with E-state index in [0.717, 1.165) is 10.6 Å². The van der Waals surface area contributed by atoms with Gasteiger partial charge in [-0.2, -0.15) is 10.4 Å². The Balaban J connectivity index is 1.85. The van der Waals surface area contributed by atoms with E-state index in [9.17, 15) is 25.0 Å². The number of nitro groups is 1. The van der Waals surface area contributed by atoms with E-state index in [-0.39, 0.29) is 47.4 Å². The van der Waals surface area contributed by atoms with E-state index in [4.69, 9.17) is 14.6 Å². The third-order valence-electron chi connectivity index (χ3n) is 6.59. The summed E-state index contributed by atoms with van der Waals surface area (Å²) in [5.41, 5.74) is 2.05. The highest BCUT2D eigenvalue weighted by atomic mass is 16.6. The fraction of sp³-hybridized carbons (Fsp3) is 0.290. The van der Waals surface area contributed by atoms with E-state index in [1.165, 1.54) is 12.1 Å².